The first-order valence-electron chi connectivity index (χ1n) is 8.88. The van der Waals surface area contributed by atoms with Gasteiger partial charge in [0, 0.05) is 35.4 Å². The second-order valence-electron chi connectivity index (χ2n) is 7.09. The number of aryl methyl sites for hydroxylation is 1. The number of anilines is 1. The molecule has 2 aromatic rings. The van der Waals surface area contributed by atoms with Gasteiger partial charge in [-0.3, -0.25) is 4.90 Å². The number of hydrogen-bond acceptors (Lipinski definition) is 4. The van der Waals surface area contributed by atoms with Crippen LogP contribution in [-0.2, 0) is 6.54 Å². The van der Waals surface area contributed by atoms with Gasteiger partial charge in [0.1, 0.15) is 11.9 Å². The van der Waals surface area contributed by atoms with E-state index in [1.54, 1.807) is 12.1 Å². The summed E-state index contributed by atoms with van der Waals surface area (Å²) in [5, 5.41) is 9.40. The fourth-order valence-electron chi connectivity index (χ4n) is 4.32. The molecular formula is C20H22FN3S. The van der Waals surface area contributed by atoms with Crippen molar-refractivity contribution in [3.8, 4) is 6.07 Å². The van der Waals surface area contributed by atoms with Crippen molar-refractivity contribution in [2.24, 2.45) is 5.92 Å². The van der Waals surface area contributed by atoms with E-state index in [9.17, 15) is 9.65 Å². The van der Waals surface area contributed by atoms with E-state index in [-0.39, 0.29) is 5.82 Å². The Hall–Kier alpha value is -1.90. The zero-order valence-corrected chi connectivity index (χ0v) is 15.2. The summed E-state index contributed by atoms with van der Waals surface area (Å²) in [7, 11) is 0. The van der Waals surface area contributed by atoms with E-state index in [0.717, 1.165) is 39.0 Å². The van der Waals surface area contributed by atoms with Gasteiger partial charge in [-0.05, 0) is 56.5 Å². The van der Waals surface area contributed by atoms with Crippen LogP contribution in [0.4, 0.5) is 10.1 Å². The van der Waals surface area contributed by atoms with Crippen molar-refractivity contribution >= 4 is 17.0 Å². The van der Waals surface area contributed by atoms with E-state index in [4.69, 9.17) is 0 Å². The van der Waals surface area contributed by atoms with Gasteiger partial charge >= 0.3 is 0 Å². The fourth-order valence-corrected chi connectivity index (χ4v) is 5.25. The quantitative estimate of drug-likeness (QED) is 0.828. The van der Waals surface area contributed by atoms with Crippen LogP contribution < -0.4 is 4.90 Å². The van der Waals surface area contributed by atoms with Crippen LogP contribution in [0.15, 0.2) is 30.3 Å². The number of halogens is 1. The number of thiophene rings is 1. The Morgan fingerprint density at radius 3 is 2.84 bits per heavy atom. The Morgan fingerprint density at radius 2 is 2.08 bits per heavy atom. The molecule has 4 rings (SSSR count). The van der Waals surface area contributed by atoms with E-state index in [0.29, 0.717) is 23.2 Å². The lowest BCUT2D eigenvalue weighted by Gasteiger charge is -2.39. The van der Waals surface area contributed by atoms with Gasteiger partial charge in [-0.1, -0.05) is 6.07 Å². The summed E-state index contributed by atoms with van der Waals surface area (Å²) in [4.78, 5) is 7.38. The molecule has 1 aromatic carbocycles. The minimum absolute atomic E-state index is 0.272. The molecular weight excluding hydrogens is 333 g/mol. The smallest absolute Gasteiger partial charge is 0.147 e. The van der Waals surface area contributed by atoms with E-state index >= 15 is 0 Å². The maximum absolute atomic E-state index is 14.5. The molecule has 1 aromatic heterocycles. The van der Waals surface area contributed by atoms with Crippen molar-refractivity contribution < 1.29 is 4.39 Å². The molecule has 2 saturated heterocycles. The van der Waals surface area contributed by atoms with Crippen molar-refractivity contribution in [2.45, 2.75) is 32.4 Å². The van der Waals surface area contributed by atoms with Gasteiger partial charge in [0.15, 0.2) is 0 Å². The molecule has 3 heterocycles. The van der Waals surface area contributed by atoms with Gasteiger partial charge in [0.05, 0.1) is 11.3 Å². The second kappa shape index (κ2) is 6.78. The first kappa shape index (κ1) is 16.6. The van der Waals surface area contributed by atoms with Crippen LogP contribution in [-0.4, -0.2) is 30.6 Å². The van der Waals surface area contributed by atoms with Crippen LogP contribution in [0.25, 0.3) is 0 Å². The van der Waals surface area contributed by atoms with Gasteiger partial charge in [0.25, 0.3) is 0 Å². The molecule has 0 saturated carbocycles. The highest BCUT2D eigenvalue weighted by Gasteiger charge is 2.40. The Morgan fingerprint density at radius 1 is 1.24 bits per heavy atom. The van der Waals surface area contributed by atoms with Crippen molar-refractivity contribution in [1.82, 2.24) is 4.90 Å². The van der Waals surface area contributed by atoms with E-state index < -0.39 is 0 Å². The SMILES string of the molecule is Cc1ccc(CN2CCC3CCN(c4c(F)cccc4C#N)C3C2)s1. The molecule has 0 aliphatic carbocycles. The molecule has 0 spiro atoms. The second-order valence-corrected chi connectivity index (χ2v) is 8.47. The molecule has 5 heteroatoms. The van der Waals surface area contributed by atoms with Crippen LogP contribution in [0.3, 0.4) is 0 Å². The minimum atomic E-state index is -0.272. The topological polar surface area (TPSA) is 30.3 Å². The third-order valence-corrected chi connectivity index (χ3v) is 6.50. The molecule has 2 unspecified atom stereocenters. The van der Waals surface area contributed by atoms with Gasteiger partial charge in [-0.15, -0.1) is 11.3 Å². The first-order chi connectivity index (χ1) is 12.2. The summed E-state index contributed by atoms with van der Waals surface area (Å²) in [6.45, 7) is 6.00. The van der Waals surface area contributed by atoms with Crippen molar-refractivity contribution in [1.29, 1.82) is 5.26 Å². The predicted molar refractivity (Wildman–Crippen MR) is 99.3 cm³/mol. The number of nitriles is 1. The molecule has 2 fully saturated rings. The van der Waals surface area contributed by atoms with Crippen molar-refractivity contribution in [3.05, 3.63) is 51.5 Å². The lowest BCUT2D eigenvalue weighted by molar-refractivity contribution is 0.168. The minimum Gasteiger partial charge on any atom is -0.364 e. The molecule has 0 bridgehead atoms. The number of para-hydroxylation sites is 1. The molecule has 0 radical (unpaired) electrons. The standard InChI is InChI=1S/C20H22FN3S/c1-14-5-6-17(25-14)12-23-9-7-15-8-10-24(19(15)13-23)20-16(11-22)3-2-4-18(20)21/h2-6,15,19H,7-10,12-13H2,1H3. The molecule has 2 aliphatic heterocycles. The lowest BCUT2D eigenvalue weighted by Crippen LogP contribution is -2.48. The van der Waals surface area contributed by atoms with Gasteiger partial charge < -0.3 is 4.90 Å². The zero-order chi connectivity index (χ0) is 17.4. The molecule has 130 valence electrons. The molecule has 2 atom stereocenters. The summed E-state index contributed by atoms with van der Waals surface area (Å²) in [6, 6.07) is 11.7. The summed E-state index contributed by atoms with van der Waals surface area (Å²) in [5.74, 6) is 0.332. The van der Waals surface area contributed by atoms with Crippen LogP contribution >= 0.6 is 11.3 Å². The Labute approximate surface area is 152 Å². The van der Waals surface area contributed by atoms with E-state index in [1.165, 1.54) is 15.8 Å². The average Bonchev–Trinajstić information content (AvgIpc) is 3.20. The van der Waals surface area contributed by atoms with Gasteiger partial charge in [-0.2, -0.15) is 5.26 Å². The molecule has 2 aliphatic rings. The molecule has 0 amide bonds. The lowest BCUT2D eigenvalue weighted by atomic mass is 9.92. The third kappa shape index (κ3) is 3.17. The maximum Gasteiger partial charge on any atom is 0.147 e. The van der Waals surface area contributed by atoms with E-state index in [2.05, 4.69) is 34.9 Å². The number of likely N-dealkylation sites (tertiary alicyclic amines) is 1. The highest BCUT2D eigenvalue weighted by Crippen LogP contribution is 2.38. The highest BCUT2D eigenvalue weighted by atomic mass is 32.1. The first-order valence-corrected chi connectivity index (χ1v) is 9.70. The summed E-state index contributed by atoms with van der Waals surface area (Å²) in [6.07, 6.45) is 2.25. The number of nitrogens with zero attached hydrogens (tertiary/aromatic N) is 3. The fraction of sp³-hybridized carbons (Fsp3) is 0.450. The average molecular weight is 355 g/mol. The van der Waals surface area contributed by atoms with Crippen LogP contribution in [0.2, 0.25) is 0 Å². The van der Waals surface area contributed by atoms with Crippen LogP contribution in [0, 0.1) is 30.0 Å². The van der Waals surface area contributed by atoms with Crippen molar-refractivity contribution in [2.75, 3.05) is 24.5 Å². The molecule has 25 heavy (non-hydrogen) atoms. The number of fused-ring (bicyclic) bond motifs is 1. The Kier molecular flexibility index (Phi) is 4.49. The monoisotopic (exact) mass is 355 g/mol. The largest absolute Gasteiger partial charge is 0.364 e. The summed E-state index contributed by atoms with van der Waals surface area (Å²) in [5.41, 5.74) is 0.956. The Bertz CT molecular complexity index is 810. The summed E-state index contributed by atoms with van der Waals surface area (Å²) < 4.78 is 14.5. The van der Waals surface area contributed by atoms with Gasteiger partial charge in [-0.25, -0.2) is 4.39 Å². The number of piperidine rings is 1. The highest BCUT2D eigenvalue weighted by molar-refractivity contribution is 7.11. The van der Waals surface area contributed by atoms with Crippen LogP contribution in [0.1, 0.15) is 28.2 Å². The summed E-state index contributed by atoms with van der Waals surface area (Å²) >= 11 is 1.85. The predicted octanol–water partition coefficient (Wildman–Crippen LogP) is 4.17. The maximum atomic E-state index is 14.5. The van der Waals surface area contributed by atoms with Gasteiger partial charge in [0.2, 0.25) is 0 Å². The number of benzene rings is 1. The van der Waals surface area contributed by atoms with Crippen molar-refractivity contribution in [3.63, 3.8) is 0 Å². The van der Waals surface area contributed by atoms with Crippen LogP contribution in [0.5, 0.6) is 0 Å². The number of rotatable bonds is 3. The normalized spacial score (nSPS) is 23.5. The Balaban J connectivity index is 1.56. The molecule has 0 N–H and O–H groups in total. The molecule has 3 nitrogen and oxygen atoms in total. The van der Waals surface area contributed by atoms with E-state index in [1.807, 2.05) is 11.3 Å². The zero-order valence-electron chi connectivity index (χ0n) is 14.4. The number of hydrogen-bond donors (Lipinski definition) is 0. The third-order valence-electron chi connectivity index (χ3n) is 5.52.